The maximum Gasteiger partial charge on any atom is 0.245 e. The molecule has 23 heavy (non-hydrogen) atoms. The quantitative estimate of drug-likeness (QED) is 0.875. The molecule has 5 nitrogen and oxygen atoms in total. The van der Waals surface area contributed by atoms with Crippen LogP contribution in [0.4, 0.5) is 0 Å². The van der Waals surface area contributed by atoms with E-state index in [0.29, 0.717) is 13.1 Å². The largest absolute Gasteiger partial charge is 0.333 e. The van der Waals surface area contributed by atoms with Crippen LogP contribution in [0.25, 0.3) is 0 Å². The third-order valence-electron chi connectivity index (χ3n) is 4.34. The van der Waals surface area contributed by atoms with Crippen LogP contribution in [0.5, 0.6) is 0 Å². The first kappa shape index (κ1) is 15.7. The van der Waals surface area contributed by atoms with Crippen molar-refractivity contribution in [1.29, 1.82) is 0 Å². The fourth-order valence-corrected chi connectivity index (χ4v) is 3.07. The highest BCUT2D eigenvalue weighted by Crippen LogP contribution is 2.29. The Morgan fingerprint density at radius 2 is 1.87 bits per heavy atom. The average molecular weight is 312 g/mol. The normalized spacial score (nSPS) is 18.2. The van der Waals surface area contributed by atoms with Crippen molar-refractivity contribution >= 4 is 5.91 Å². The summed E-state index contributed by atoms with van der Waals surface area (Å²) in [6.07, 6.45) is 0.861. The van der Waals surface area contributed by atoms with Gasteiger partial charge < -0.3 is 9.47 Å². The van der Waals surface area contributed by atoms with Gasteiger partial charge in [0.1, 0.15) is 11.9 Å². The van der Waals surface area contributed by atoms with Gasteiger partial charge in [-0.05, 0) is 18.9 Å². The lowest BCUT2D eigenvalue weighted by Gasteiger charge is -2.33. The van der Waals surface area contributed by atoms with Gasteiger partial charge in [0.05, 0.1) is 6.54 Å². The molecule has 0 aliphatic carbocycles. The van der Waals surface area contributed by atoms with Crippen LogP contribution in [0, 0.1) is 0 Å². The van der Waals surface area contributed by atoms with E-state index in [4.69, 9.17) is 0 Å². The Bertz CT molecular complexity index is 700. The SMILES string of the molecule is C[C@@H]1C(=O)N(CCc2ccccc2)Cc2nnc(C(C)(C)C)n21. The van der Waals surface area contributed by atoms with Crippen molar-refractivity contribution < 1.29 is 4.79 Å². The summed E-state index contributed by atoms with van der Waals surface area (Å²) in [7, 11) is 0. The van der Waals surface area contributed by atoms with Gasteiger partial charge in [0.25, 0.3) is 0 Å². The van der Waals surface area contributed by atoms with Crippen LogP contribution >= 0.6 is 0 Å². The molecular weight excluding hydrogens is 288 g/mol. The van der Waals surface area contributed by atoms with E-state index in [1.54, 1.807) is 0 Å². The van der Waals surface area contributed by atoms with Gasteiger partial charge in [0.15, 0.2) is 5.82 Å². The molecule has 2 heterocycles. The van der Waals surface area contributed by atoms with Crippen molar-refractivity contribution in [1.82, 2.24) is 19.7 Å². The Morgan fingerprint density at radius 1 is 1.17 bits per heavy atom. The molecule has 1 aromatic carbocycles. The summed E-state index contributed by atoms with van der Waals surface area (Å²) in [5, 5.41) is 8.67. The number of hydrogen-bond donors (Lipinski definition) is 0. The van der Waals surface area contributed by atoms with Crippen LogP contribution in [0.2, 0.25) is 0 Å². The minimum atomic E-state index is -0.237. The summed E-state index contributed by atoms with van der Waals surface area (Å²) in [6, 6.07) is 10.0. The van der Waals surface area contributed by atoms with Crippen LogP contribution in [-0.2, 0) is 23.2 Å². The van der Waals surface area contributed by atoms with Crippen molar-refractivity contribution in [2.45, 2.75) is 52.1 Å². The van der Waals surface area contributed by atoms with Gasteiger partial charge in [-0.15, -0.1) is 10.2 Å². The minimum absolute atomic E-state index is 0.119. The van der Waals surface area contributed by atoms with Crippen LogP contribution in [0.15, 0.2) is 30.3 Å². The van der Waals surface area contributed by atoms with Gasteiger partial charge in [0.2, 0.25) is 5.91 Å². The molecule has 2 aromatic rings. The van der Waals surface area contributed by atoms with E-state index < -0.39 is 0 Å². The standard InChI is InChI=1S/C18H24N4O/c1-13-16(23)21(11-10-14-8-6-5-7-9-14)12-15-19-20-17(22(13)15)18(2,3)4/h5-9,13H,10-12H2,1-4H3/t13-/m1/s1. The van der Waals surface area contributed by atoms with E-state index >= 15 is 0 Å². The molecule has 1 aliphatic rings. The first-order valence-electron chi connectivity index (χ1n) is 8.15. The number of hydrogen-bond acceptors (Lipinski definition) is 3. The van der Waals surface area contributed by atoms with Crippen LogP contribution in [-0.4, -0.2) is 32.1 Å². The maximum absolute atomic E-state index is 12.7. The van der Waals surface area contributed by atoms with Crippen molar-refractivity contribution in [3.8, 4) is 0 Å². The average Bonchev–Trinajstić information content (AvgIpc) is 2.94. The van der Waals surface area contributed by atoms with E-state index in [-0.39, 0.29) is 17.4 Å². The number of carbonyl (C=O) groups excluding carboxylic acids is 1. The smallest absolute Gasteiger partial charge is 0.245 e. The lowest BCUT2D eigenvalue weighted by molar-refractivity contribution is -0.137. The highest BCUT2D eigenvalue weighted by molar-refractivity contribution is 5.81. The molecular formula is C18H24N4O. The summed E-state index contributed by atoms with van der Waals surface area (Å²) in [6.45, 7) is 9.50. The molecule has 3 rings (SSSR count). The second-order valence-electron chi connectivity index (χ2n) is 7.23. The number of rotatable bonds is 3. The van der Waals surface area contributed by atoms with Crippen LogP contribution in [0.3, 0.4) is 0 Å². The van der Waals surface area contributed by atoms with E-state index in [2.05, 4.69) is 43.1 Å². The van der Waals surface area contributed by atoms with Gasteiger partial charge in [-0.3, -0.25) is 4.79 Å². The molecule has 0 bridgehead atoms. The Balaban J connectivity index is 1.80. The van der Waals surface area contributed by atoms with E-state index in [1.165, 1.54) is 5.56 Å². The summed E-state index contributed by atoms with van der Waals surface area (Å²) in [5.74, 6) is 1.92. The number of nitrogens with zero attached hydrogens (tertiary/aromatic N) is 4. The third-order valence-corrected chi connectivity index (χ3v) is 4.34. The first-order valence-corrected chi connectivity index (χ1v) is 8.15. The monoisotopic (exact) mass is 312 g/mol. The molecule has 0 unspecified atom stereocenters. The zero-order valence-corrected chi connectivity index (χ0v) is 14.3. The predicted octanol–water partition coefficient (Wildman–Crippen LogP) is 2.72. The summed E-state index contributed by atoms with van der Waals surface area (Å²) >= 11 is 0. The van der Waals surface area contributed by atoms with Gasteiger partial charge in [-0.25, -0.2) is 0 Å². The minimum Gasteiger partial charge on any atom is -0.333 e. The van der Waals surface area contributed by atoms with Crippen LogP contribution < -0.4 is 0 Å². The lowest BCUT2D eigenvalue weighted by atomic mass is 9.95. The molecule has 0 saturated heterocycles. The molecule has 0 N–H and O–H groups in total. The Labute approximate surface area is 137 Å². The zero-order chi connectivity index (χ0) is 16.6. The molecule has 1 aromatic heterocycles. The second-order valence-corrected chi connectivity index (χ2v) is 7.23. The van der Waals surface area contributed by atoms with E-state index in [0.717, 1.165) is 18.1 Å². The number of benzene rings is 1. The summed E-state index contributed by atoms with van der Waals surface area (Å²) in [5.41, 5.74) is 1.13. The van der Waals surface area contributed by atoms with Crippen molar-refractivity contribution in [3.63, 3.8) is 0 Å². The fraction of sp³-hybridized carbons (Fsp3) is 0.500. The Kier molecular flexibility index (Phi) is 3.96. The van der Waals surface area contributed by atoms with E-state index in [9.17, 15) is 4.79 Å². The molecule has 0 radical (unpaired) electrons. The highest BCUT2D eigenvalue weighted by atomic mass is 16.2. The van der Waals surface area contributed by atoms with Gasteiger partial charge in [0, 0.05) is 12.0 Å². The van der Waals surface area contributed by atoms with Gasteiger partial charge in [-0.2, -0.15) is 0 Å². The molecule has 122 valence electrons. The molecule has 0 spiro atoms. The number of carbonyl (C=O) groups is 1. The molecule has 0 fully saturated rings. The molecule has 0 saturated carbocycles. The molecule has 1 amide bonds. The van der Waals surface area contributed by atoms with Crippen molar-refractivity contribution in [2.75, 3.05) is 6.54 Å². The van der Waals surface area contributed by atoms with Crippen molar-refractivity contribution in [3.05, 3.63) is 47.5 Å². The molecule has 5 heteroatoms. The molecule has 1 atom stereocenters. The topological polar surface area (TPSA) is 51.0 Å². The Morgan fingerprint density at radius 3 is 2.52 bits per heavy atom. The number of aromatic nitrogens is 3. The number of fused-ring (bicyclic) bond motifs is 1. The fourth-order valence-electron chi connectivity index (χ4n) is 3.07. The Hall–Kier alpha value is -2.17. The maximum atomic E-state index is 12.7. The van der Waals surface area contributed by atoms with E-state index in [1.807, 2.05) is 34.6 Å². The second kappa shape index (κ2) is 5.80. The third kappa shape index (κ3) is 3.00. The van der Waals surface area contributed by atoms with Crippen LogP contribution in [0.1, 0.15) is 50.9 Å². The van der Waals surface area contributed by atoms with Crippen molar-refractivity contribution in [2.24, 2.45) is 0 Å². The zero-order valence-electron chi connectivity index (χ0n) is 14.3. The first-order chi connectivity index (χ1) is 10.9. The predicted molar refractivity (Wildman–Crippen MR) is 89.0 cm³/mol. The van der Waals surface area contributed by atoms with Gasteiger partial charge >= 0.3 is 0 Å². The lowest BCUT2D eigenvalue weighted by Crippen LogP contribution is -2.43. The number of amides is 1. The van der Waals surface area contributed by atoms with Gasteiger partial charge in [-0.1, -0.05) is 51.1 Å². The molecule has 1 aliphatic heterocycles. The highest BCUT2D eigenvalue weighted by Gasteiger charge is 2.35. The summed E-state index contributed by atoms with van der Waals surface area (Å²) < 4.78 is 2.02. The summed E-state index contributed by atoms with van der Waals surface area (Å²) in [4.78, 5) is 14.6.